The van der Waals surface area contributed by atoms with Gasteiger partial charge in [0.25, 0.3) is 5.91 Å². The molecule has 0 saturated carbocycles. The molecule has 1 heterocycles. The minimum absolute atomic E-state index is 0.0667. The van der Waals surface area contributed by atoms with Gasteiger partial charge in [-0.15, -0.1) is 0 Å². The molecule has 2 N–H and O–H groups in total. The molecule has 0 aromatic carbocycles. The highest BCUT2D eigenvalue weighted by atomic mass is 16.1. The normalized spacial score (nSPS) is 12.2. The smallest absolute Gasteiger partial charge is 0.255 e. The molecule has 1 aromatic heterocycles. The van der Waals surface area contributed by atoms with Gasteiger partial charge in [-0.1, -0.05) is 6.92 Å². The van der Waals surface area contributed by atoms with Gasteiger partial charge in [-0.2, -0.15) is 0 Å². The van der Waals surface area contributed by atoms with Crippen LogP contribution in [0, 0.1) is 0 Å². The van der Waals surface area contributed by atoms with Crippen LogP contribution in [-0.4, -0.2) is 49.0 Å². The molecule has 0 aliphatic carbocycles. The van der Waals surface area contributed by atoms with Crippen LogP contribution in [-0.2, 0) is 0 Å². The number of nitrogens with one attached hydrogen (secondary N) is 2. The molecule has 1 rings (SSSR count). The molecule has 0 aliphatic heterocycles. The van der Waals surface area contributed by atoms with Crippen LogP contribution in [0.4, 0.5) is 5.69 Å². The lowest BCUT2D eigenvalue weighted by Crippen LogP contribution is -2.35. The fraction of sp³-hybridized carbons (Fsp3) is 0.600. The fourth-order valence-electron chi connectivity index (χ4n) is 1.81. The molecule has 112 valence electrons. The van der Waals surface area contributed by atoms with Gasteiger partial charge in [0.2, 0.25) is 0 Å². The Balaban J connectivity index is 2.62. The maximum absolute atomic E-state index is 12.3. The van der Waals surface area contributed by atoms with Crippen molar-refractivity contribution >= 4 is 11.6 Å². The molecule has 5 nitrogen and oxygen atoms in total. The third-order valence-corrected chi connectivity index (χ3v) is 3.02. The minimum atomic E-state index is -0.0667. The molecule has 0 spiro atoms. The third kappa shape index (κ3) is 5.57. The van der Waals surface area contributed by atoms with Crippen LogP contribution in [0.2, 0.25) is 0 Å². The van der Waals surface area contributed by atoms with E-state index < -0.39 is 0 Å². The van der Waals surface area contributed by atoms with E-state index in [1.54, 1.807) is 12.4 Å². The molecule has 0 bridgehead atoms. The Hall–Kier alpha value is -1.62. The quantitative estimate of drug-likeness (QED) is 0.763. The summed E-state index contributed by atoms with van der Waals surface area (Å²) < 4.78 is 0. The van der Waals surface area contributed by atoms with Gasteiger partial charge >= 0.3 is 0 Å². The molecule has 20 heavy (non-hydrogen) atoms. The van der Waals surface area contributed by atoms with Crippen molar-refractivity contribution in [1.29, 1.82) is 0 Å². The van der Waals surface area contributed by atoms with Gasteiger partial charge < -0.3 is 15.5 Å². The molecule has 1 aromatic rings. The van der Waals surface area contributed by atoms with Gasteiger partial charge in [0.1, 0.15) is 0 Å². The number of anilines is 1. The zero-order chi connectivity index (χ0) is 15.0. The number of aromatic nitrogens is 1. The molecule has 1 amide bonds. The molecule has 0 radical (unpaired) electrons. The van der Waals surface area contributed by atoms with Crippen LogP contribution in [0.15, 0.2) is 18.5 Å². The summed E-state index contributed by atoms with van der Waals surface area (Å²) in [4.78, 5) is 18.4. The summed E-state index contributed by atoms with van der Waals surface area (Å²) in [5, 5.41) is 6.28. The highest BCUT2D eigenvalue weighted by molar-refractivity contribution is 5.99. The van der Waals surface area contributed by atoms with Crippen molar-refractivity contribution in [2.45, 2.75) is 32.7 Å². The van der Waals surface area contributed by atoms with Crippen LogP contribution >= 0.6 is 0 Å². The Morgan fingerprint density at radius 3 is 2.85 bits per heavy atom. The van der Waals surface area contributed by atoms with Gasteiger partial charge in [0.05, 0.1) is 11.3 Å². The second-order valence-corrected chi connectivity index (χ2v) is 5.31. The van der Waals surface area contributed by atoms with E-state index in [0.717, 1.165) is 31.6 Å². The molecule has 1 unspecified atom stereocenters. The van der Waals surface area contributed by atoms with Crippen molar-refractivity contribution < 1.29 is 4.79 Å². The standard InChI is InChI=1S/C15H26N4O/c1-5-8-17-14-6-9-16-11-13(14)15(20)18-12(2)7-10-19(3)4/h6,9,11-12H,5,7-8,10H2,1-4H3,(H,16,17)(H,18,20). The molecule has 0 saturated heterocycles. The van der Waals surface area contributed by atoms with Gasteiger partial charge in [0.15, 0.2) is 0 Å². The number of amides is 1. The average Bonchev–Trinajstić information content (AvgIpc) is 2.43. The van der Waals surface area contributed by atoms with E-state index >= 15 is 0 Å². The molecular weight excluding hydrogens is 252 g/mol. The largest absolute Gasteiger partial charge is 0.384 e. The Kier molecular flexibility index (Phi) is 7.01. The zero-order valence-electron chi connectivity index (χ0n) is 12.9. The monoisotopic (exact) mass is 278 g/mol. The van der Waals surface area contributed by atoms with Gasteiger partial charge in [-0.05, 0) is 46.5 Å². The fourth-order valence-corrected chi connectivity index (χ4v) is 1.81. The van der Waals surface area contributed by atoms with E-state index in [1.165, 1.54) is 0 Å². The molecule has 5 heteroatoms. The predicted octanol–water partition coefficient (Wildman–Crippen LogP) is 1.97. The van der Waals surface area contributed by atoms with Crippen molar-refractivity contribution in [2.75, 3.05) is 32.5 Å². The average molecular weight is 278 g/mol. The summed E-state index contributed by atoms with van der Waals surface area (Å²) in [5.41, 5.74) is 1.46. The van der Waals surface area contributed by atoms with Crippen molar-refractivity contribution in [3.63, 3.8) is 0 Å². The number of hydrogen-bond acceptors (Lipinski definition) is 4. The summed E-state index contributed by atoms with van der Waals surface area (Å²) in [7, 11) is 4.06. The third-order valence-electron chi connectivity index (χ3n) is 3.02. The van der Waals surface area contributed by atoms with E-state index in [1.807, 2.05) is 27.1 Å². The van der Waals surface area contributed by atoms with Crippen LogP contribution < -0.4 is 10.6 Å². The summed E-state index contributed by atoms with van der Waals surface area (Å²) in [6.45, 7) is 5.92. The van der Waals surface area contributed by atoms with Crippen molar-refractivity contribution in [3.8, 4) is 0 Å². The first-order valence-electron chi connectivity index (χ1n) is 7.18. The van der Waals surface area contributed by atoms with Crippen LogP contribution in [0.3, 0.4) is 0 Å². The lowest BCUT2D eigenvalue weighted by molar-refractivity contribution is 0.0937. The topological polar surface area (TPSA) is 57.3 Å². The number of nitrogens with zero attached hydrogens (tertiary/aromatic N) is 2. The maximum Gasteiger partial charge on any atom is 0.255 e. The Labute approximate surface area is 121 Å². The number of pyridine rings is 1. The summed E-state index contributed by atoms with van der Waals surface area (Å²) >= 11 is 0. The number of carbonyl (C=O) groups is 1. The molecule has 0 aliphatic rings. The summed E-state index contributed by atoms with van der Waals surface area (Å²) in [6, 6.07) is 1.99. The summed E-state index contributed by atoms with van der Waals surface area (Å²) in [6.07, 6.45) is 5.26. The molecular formula is C15H26N4O. The van der Waals surface area contributed by atoms with Crippen molar-refractivity contribution in [1.82, 2.24) is 15.2 Å². The minimum Gasteiger partial charge on any atom is -0.384 e. The van der Waals surface area contributed by atoms with Gasteiger partial charge in [-0.3, -0.25) is 9.78 Å². The summed E-state index contributed by atoms with van der Waals surface area (Å²) in [5.74, 6) is -0.0667. The SMILES string of the molecule is CCCNc1ccncc1C(=O)NC(C)CCN(C)C. The number of rotatable bonds is 8. The van der Waals surface area contributed by atoms with Gasteiger partial charge in [-0.25, -0.2) is 0 Å². The predicted molar refractivity (Wildman–Crippen MR) is 83.1 cm³/mol. The second-order valence-electron chi connectivity index (χ2n) is 5.31. The van der Waals surface area contributed by atoms with E-state index in [-0.39, 0.29) is 11.9 Å². The Morgan fingerprint density at radius 1 is 1.45 bits per heavy atom. The van der Waals surface area contributed by atoms with E-state index in [2.05, 4.69) is 27.4 Å². The zero-order valence-corrected chi connectivity index (χ0v) is 12.9. The Morgan fingerprint density at radius 2 is 2.20 bits per heavy atom. The first-order chi connectivity index (χ1) is 9.54. The van der Waals surface area contributed by atoms with E-state index in [4.69, 9.17) is 0 Å². The first-order valence-corrected chi connectivity index (χ1v) is 7.18. The van der Waals surface area contributed by atoms with Crippen LogP contribution in [0.25, 0.3) is 0 Å². The van der Waals surface area contributed by atoms with Gasteiger partial charge in [0, 0.05) is 25.0 Å². The Bertz CT molecular complexity index is 420. The second kappa shape index (κ2) is 8.53. The van der Waals surface area contributed by atoms with E-state index in [9.17, 15) is 4.79 Å². The lowest BCUT2D eigenvalue weighted by Gasteiger charge is -2.18. The van der Waals surface area contributed by atoms with Crippen molar-refractivity contribution in [3.05, 3.63) is 24.0 Å². The first kappa shape index (κ1) is 16.4. The maximum atomic E-state index is 12.3. The molecule has 0 fully saturated rings. The molecule has 1 atom stereocenters. The highest BCUT2D eigenvalue weighted by Gasteiger charge is 2.13. The van der Waals surface area contributed by atoms with Crippen molar-refractivity contribution in [2.24, 2.45) is 0 Å². The highest BCUT2D eigenvalue weighted by Crippen LogP contribution is 2.13. The van der Waals surface area contributed by atoms with Crippen LogP contribution in [0.5, 0.6) is 0 Å². The number of carbonyl (C=O) groups excluding carboxylic acids is 1. The lowest BCUT2D eigenvalue weighted by atomic mass is 10.1. The number of hydrogen-bond donors (Lipinski definition) is 2. The van der Waals surface area contributed by atoms with E-state index in [0.29, 0.717) is 5.56 Å². The van der Waals surface area contributed by atoms with Crippen LogP contribution in [0.1, 0.15) is 37.0 Å².